The Balaban J connectivity index is 1.57. The zero-order valence-corrected chi connectivity index (χ0v) is 14.2. The average Bonchev–Trinajstić information content (AvgIpc) is 3.22. The van der Waals surface area contributed by atoms with Crippen molar-refractivity contribution in [2.45, 2.75) is 18.9 Å². The topological polar surface area (TPSA) is 72.5 Å². The monoisotopic (exact) mass is 356 g/mol. The maximum Gasteiger partial charge on any atom is 0.308 e. The number of rotatable bonds is 2. The van der Waals surface area contributed by atoms with E-state index in [2.05, 4.69) is 0 Å². The Hall–Kier alpha value is -3.09. The van der Waals surface area contributed by atoms with E-state index in [1.54, 1.807) is 12.1 Å². The molecule has 5 rings (SSSR count). The van der Waals surface area contributed by atoms with Crippen LogP contribution in [0.5, 0.6) is 34.5 Å². The highest BCUT2D eigenvalue weighted by Crippen LogP contribution is 2.55. The number of carbonyl (C=O) groups excluding carboxylic acids is 1. The van der Waals surface area contributed by atoms with Crippen LogP contribution in [-0.4, -0.2) is 26.5 Å². The molecule has 7 heteroatoms. The van der Waals surface area contributed by atoms with Crippen molar-refractivity contribution in [1.82, 2.24) is 0 Å². The number of hydrogen-bond donors (Lipinski definition) is 0. The molecular formula is C19H16O7. The highest BCUT2D eigenvalue weighted by atomic mass is 16.7. The van der Waals surface area contributed by atoms with Gasteiger partial charge in [0.1, 0.15) is 17.6 Å². The van der Waals surface area contributed by atoms with Crippen molar-refractivity contribution < 1.29 is 33.2 Å². The van der Waals surface area contributed by atoms with Crippen molar-refractivity contribution in [2.24, 2.45) is 0 Å². The third-order valence-electron chi connectivity index (χ3n) is 4.80. The van der Waals surface area contributed by atoms with Gasteiger partial charge >= 0.3 is 5.97 Å². The summed E-state index contributed by atoms with van der Waals surface area (Å²) in [4.78, 5) is 11.4. The lowest BCUT2D eigenvalue weighted by Crippen LogP contribution is -2.23. The van der Waals surface area contributed by atoms with Crippen LogP contribution in [-0.2, 0) is 4.79 Å². The molecule has 7 nitrogen and oxygen atoms in total. The second-order valence-corrected chi connectivity index (χ2v) is 6.33. The van der Waals surface area contributed by atoms with Crippen LogP contribution in [0, 0.1) is 0 Å². The van der Waals surface area contributed by atoms with Gasteiger partial charge in [-0.3, -0.25) is 4.79 Å². The van der Waals surface area contributed by atoms with Crippen LogP contribution in [0.3, 0.4) is 0 Å². The van der Waals surface area contributed by atoms with Gasteiger partial charge in [0, 0.05) is 30.2 Å². The lowest BCUT2D eigenvalue weighted by molar-refractivity contribution is -0.132. The van der Waals surface area contributed by atoms with E-state index in [9.17, 15) is 4.79 Å². The molecule has 0 unspecified atom stereocenters. The second-order valence-electron chi connectivity index (χ2n) is 6.33. The zero-order valence-electron chi connectivity index (χ0n) is 14.2. The fourth-order valence-corrected chi connectivity index (χ4v) is 3.65. The van der Waals surface area contributed by atoms with Crippen LogP contribution in [0.1, 0.15) is 30.1 Å². The first kappa shape index (κ1) is 15.2. The molecular weight excluding hydrogens is 340 g/mol. The quantitative estimate of drug-likeness (QED) is 0.605. The Morgan fingerprint density at radius 1 is 0.962 bits per heavy atom. The zero-order chi connectivity index (χ0) is 17.8. The molecule has 2 atom stereocenters. The van der Waals surface area contributed by atoms with Crippen LogP contribution in [0.2, 0.25) is 0 Å². The van der Waals surface area contributed by atoms with Crippen LogP contribution >= 0.6 is 0 Å². The molecule has 3 aliphatic rings. The Morgan fingerprint density at radius 3 is 2.54 bits per heavy atom. The van der Waals surface area contributed by atoms with Crippen LogP contribution in [0.15, 0.2) is 24.3 Å². The lowest BCUT2D eigenvalue weighted by Gasteiger charge is -2.28. The number of hydrogen-bond acceptors (Lipinski definition) is 7. The van der Waals surface area contributed by atoms with Gasteiger partial charge in [0.15, 0.2) is 23.0 Å². The Morgan fingerprint density at radius 2 is 1.77 bits per heavy atom. The summed E-state index contributed by atoms with van der Waals surface area (Å²) in [5.74, 6) is 3.19. The van der Waals surface area contributed by atoms with Gasteiger partial charge in [-0.15, -0.1) is 0 Å². The minimum atomic E-state index is -0.419. The van der Waals surface area contributed by atoms with Gasteiger partial charge in [0.2, 0.25) is 6.79 Å². The maximum absolute atomic E-state index is 11.4. The molecule has 0 spiro atoms. The Bertz CT molecular complexity index is 921. The Kier molecular flexibility index (Phi) is 3.19. The fraction of sp³-hybridized carbons (Fsp3) is 0.316. The number of ether oxygens (including phenoxy) is 6. The van der Waals surface area contributed by atoms with Gasteiger partial charge in [0.25, 0.3) is 0 Å². The predicted molar refractivity (Wildman–Crippen MR) is 88.5 cm³/mol. The molecule has 0 aromatic heterocycles. The highest BCUT2D eigenvalue weighted by molar-refractivity contribution is 5.71. The summed E-state index contributed by atoms with van der Waals surface area (Å²) in [6, 6.07) is 7.28. The first-order chi connectivity index (χ1) is 12.6. The predicted octanol–water partition coefficient (Wildman–Crippen LogP) is 2.96. The molecule has 0 aliphatic carbocycles. The normalized spacial score (nSPS) is 21.0. The van der Waals surface area contributed by atoms with Crippen molar-refractivity contribution in [3.05, 3.63) is 35.4 Å². The molecule has 0 saturated carbocycles. The third kappa shape index (κ3) is 2.16. The molecule has 2 aromatic rings. The molecule has 26 heavy (non-hydrogen) atoms. The van der Waals surface area contributed by atoms with E-state index in [1.165, 1.54) is 14.0 Å². The van der Waals surface area contributed by atoms with E-state index in [-0.39, 0.29) is 18.8 Å². The van der Waals surface area contributed by atoms with Crippen molar-refractivity contribution in [2.75, 3.05) is 20.5 Å². The number of esters is 1. The van der Waals surface area contributed by atoms with E-state index in [0.29, 0.717) is 35.4 Å². The Labute approximate surface area is 149 Å². The van der Waals surface area contributed by atoms with E-state index in [4.69, 9.17) is 28.4 Å². The summed E-state index contributed by atoms with van der Waals surface area (Å²) in [5.41, 5.74) is 1.84. The van der Waals surface area contributed by atoms with Gasteiger partial charge < -0.3 is 28.4 Å². The molecule has 0 fully saturated rings. The number of benzene rings is 2. The molecule has 3 aliphatic heterocycles. The molecule has 0 saturated heterocycles. The molecule has 134 valence electrons. The van der Waals surface area contributed by atoms with Crippen molar-refractivity contribution in [3.63, 3.8) is 0 Å². The van der Waals surface area contributed by atoms with Gasteiger partial charge in [-0.05, 0) is 12.1 Å². The number of methoxy groups -OCH3 is 1. The van der Waals surface area contributed by atoms with Crippen molar-refractivity contribution in [3.8, 4) is 34.5 Å². The van der Waals surface area contributed by atoms with E-state index in [1.807, 2.05) is 12.1 Å². The number of fused-ring (bicyclic) bond motifs is 6. The number of carbonyl (C=O) groups is 1. The van der Waals surface area contributed by atoms with E-state index in [0.717, 1.165) is 16.9 Å². The summed E-state index contributed by atoms with van der Waals surface area (Å²) in [6.45, 7) is 2.04. The summed E-state index contributed by atoms with van der Waals surface area (Å²) in [7, 11) is 1.52. The molecule has 3 heterocycles. The standard InChI is InChI=1S/C19H16O7/c1-9(20)25-18-4-11-13(5-15(18)21-2)22-7-12-10-3-16-17(24-8-23-16)6-14(10)26-19(11)12/h3-6,12,19H,7-8H2,1-2H3/t12-,19-/m0/s1. The average molecular weight is 356 g/mol. The van der Waals surface area contributed by atoms with E-state index < -0.39 is 5.97 Å². The SMILES string of the molecule is COc1cc2c(cc1OC(C)=O)[C@@H]1Oc3cc4c(cc3[C@@H]1CO2)OCO4. The second kappa shape index (κ2) is 5.45. The fourth-order valence-electron chi connectivity index (χ4n) is 3.65. The third-order valence-corrected chi connectivity index (χ3v) is 4.80. The summed E-state index contributed by atoms with van der Waals surface area (Å²) >= 11 is 0. The molecule has 2 aromatic carbocycles. The van der Waals surface area contributed by atoms with Crippen LogP contribution < -0.4 is 28.4 Å². The van der Waals surface area contributed by atoms with Gasteiger partial charge in [-0.1, -0.05) is 0 Å². The molecule has 0 radical (unpaired) electrons. The smallest absolute Gasteiger partial charge is 0.308 e. The first-order valence-corrected chi connectivity index (χ1v) is 8.27. The largest absolute Gasteiger partial charge is 0.493 e. The van der Waals surface area contributed by atoms with Crippen LogP contribution in [0.25, 0.3) is 0 Å². The summed E-state index contributed by atoms with van der Waals surface area (Å²) < 4.78 is 33.6. The van der Waals surface area contributed by atoms with Crippen LogP contribution in [0.4, 0.5) is 0 Å². The van der Waals surface area contributed by atoms with Gasteiger partial charge in [-0.2, -0.15) is 0 Å². The van der Waals surface area contributed by atoms with Crippen molar-refractivity contribution >= 4 is 5.97 Å². The van der Waals surface area contributed by atoms with Gasteiger partial charge in [0.05, 0.1) is 19.6 Å². The van der Waals surface area contributed by atoms with Crippen molar-refractivity contribution in [1.29, 1.82) is 0 Å². The lowest BCUT2D eigenvalue weighted by atomic mass is 9.89. The van der Waals surface area contributed by atoms with E-state index >= 15 is 0 Å². The summed E-state index contributed by atoms with van der Waals surface area (Å²) in [6.07, 6.45) is -0.239. The summed E-state index contributed by atoms with van der Waals surface area (Å²) in [5, 5.41) is 0. The minimum absolute atomic E-state index is 0.0190. The molecule has 0 amide bonds. The minimum Gasteiger partial charge on any atom is -0.493 e. The highest BCUT2D eigenvalue weighted by Gasteiger charge is 2.42. The van der Waals surface area contributed by atoms with Gasteiger partial charge in [-0.25, -0.2) is 0 Å². The first-order valence-electron chi connectivity index (χ1n) is 8.27. The molecule has 0 N–H and O–H groups in total. The molecule has 0 bridgehead atoms. The maximum atomic E-state index is 11.4.